The van der Waals surface area contributed by atoms with E-state index >= 15 is 0 Å². The zero-order chi connectivity index (χ0) is 18.3. The first-order valence-corrected chi connectivity index (χ1v) is 9.56. The maximum absolute atomic E-state index is 12.2. The lowest BCUT2D eigenvalue weighted by molar-refractivity contribution is -0.116. The number of benzene rings is 1. The average Bonchev–Trinajstić information content (AvgIpc) is 3.10. The van der Waals surface area contributed by atoms with Gasteiger partial charge in [-0.05, 0) is 35.9 Å². The van der Waals surface area contributed by atoms with Crippen LogP contribution >= 0.6 is 15.9 Å². The maximum Gasteiger partial charge on any atom is 0.244 e. The molecule has 25 heavy (non-hydrogen) atoms. The Morgan fingerprint density at radius 2 is 1.96 bits per heavy atom. The van der Waals surface area contributed by atoms with Gasteiger partial charge in [0.05, 0.1) is 17.7 Å². The molecule has 1 amide bonds. The number of carbonyl (C=O) groups excluding carboxylic acids is 1. The smallest absolute Gasteiger partial charge is 0.244 e. The van der Waals surface area contributed by atoms with Crippen LogP contribution in [0, 0.1) is 0 Å². The van der Waals surface area contributed by atoms with E-state index in [1.54, 1.807) is 30.3 Å². The standard InChI is InChI=1S/C17H17BrN2O4S/c1-13(18)11-19-17(21)9-6-14-4-7-16(8-5-14)25(22,23)20-12-15-3-2-10-24-15/h2-10,20H,1,11-12H2,(H,19,21)/b9-6+. The molecule has 0 unspecified atom stereocenters. The van der Waals surface area contributed by atoms with Crippen molar-refractivity contribution >= 4 is 37.9 Å². The van der Waals surface area contributed by atoms with Crippen molar-refractivity contribution in [2.24, 2.45) is 0 Å². The normalized spacial score (nSPS) is 11.6. The summed E-state index contributed by atoms with van der Waals surface area (Å²) in [5.74, 6) is 0.262. The Hall–Kier alpha value is -2.16. The van der Waals surface area contributed by atoms with E-state index < -0.39 is 10.0 Å². The molecule has 1 aromatic heterocycles. The predicted molar refractivity (Wildman–Crippen MR) is 99.3 cm³/mol. The summed E-state index contributed by atoms with van der Waals surface area (Å²) < 4.78 is 32.6. The number of sulfonamides is 1. The average molecular weight is 425 g/mol. The van der Waals surface area contributed by atoms with Crippen LogP contribution in [0.15, 0.2) is 69.1 Å². The third-order valence-electron chi connectivity index (χ3n) is 3.09. The number of hydrogen-bond acceptors (Lipinski definition) is 4. The fourth-order valence-electron chi connectivity index (χ4n) is 1.83. The Labute approximate surface area is 154 Å². The summed E-state index contributed by atoms with van der Waals surface area (Å²) >= 11 is 3.15. The van der Waals surface area contributed by atoms with Crippen molar-refractivity contribution in [1.82, 2.24) is 10.0 Å². The molecule has 0 atom stereocenters. The largest absolute Gasteiger partial charge is 0.468 e. The number of rotatable bonds is 8. The summed E-state index contributed by atoms with van der Waals surface area (Å²) in [4.78, 5) is 11.7. The molecule has 6 nitrogen and oxygen atoms in total. The molecular formula is C17H17BrN2O4S. The second-order valence-corrected chi connectivity index (χ2v) is 7.93. The molecule has 0 fully saturated rings. The fraction of sp³-hybridized carbons (Fsp3) is 0.118. The summed E-state index contributed by atoms with van der Waals surface area (Å²) in [5, 5.41) is 2.63. The van der Waals surface area contributed by atoms with Crippen LogP contribution in [0.25, 0.3) is 6.08 Å². The van der Waals surface area contributed by atoms with Gasteiger partial charge >= 0.3 is 0 Å². The first-order chi connectivity index (χ1) is 11.9. The van der Waals surface area contributed by atoms with Gasteiger partial charge in [-0.25, -0.2) is 13.1 Å². The van der Waals surface area contributed by atoms with Gasteiger partial charge in [-0.15, -0.1) is 0 Å². The van der Waals surface area contributed by atoms with E-state index in [-0.39, 0.29) is 17.3 Å². The van der Waals surface area contributed by atoms with Crippen molar-refractivity contribution in [1.29, 1.82) is 0 Å². The Balaban J connectivity index is 1.96. The molecule has 0 spiro atoms. The lowest BCUT2D eigenvalue weighted by Gasteiger charge is -2.05. The molecule has 0 aliphatic carbocycles. The number of amides is 1. The molecule has 0 radical (unpaired) electrons. The summed E-state index contributed by atoms with van der Waals surface area (Å²) in [6, 6.07) is 9.56. The van der Waals surface area contributed by atoms with E-state index in [9.17, 15) is 13.2 Å². The topological polar surface area (TPSA) is 88.4 Å². The third-order valence-corrected chi connectivity index (χ3v) is 4.79. The van der Waals surface area contributed by atoms with Crippen LogP contribution in [-0.4, -0.2) is 20.9 Å². The summed E-state index contributed by atoms with van der Waals surface area (Å²) in [6.45, 7) is 4.03. The first kappa shape index (κ1) is 19.2. The minimum atomic E-state index is -3.63. The summed E-state index contributed by atoms with van der Waals surface area (Å²) in [5.41, 5.74) is 0.706. The molecule has 0 bridgehead atoms. The SMILES string of the molecule is C=C(Br)CNC(=O)/C=C/c1ccc(S(=O)(=O)NCc2ccco2)cc1. The van der Waals surface area contributed by atoms with Crippen molar-refractivity contribution in [3.8, 4) is 0 Å². The molecule has 2 N–H and O–H groups in total. The highest BCUT2D eigenvalue weighted by molar-refractivity contribution is 9.11. The molecule has 132 valence electrons. The van der Waals surface area contributed by atoms with Crippen LogP contribution in [0.5, 0.6) is 0 Å². The molecule has 2 rings (SSSR count). The van der Waals surface area contributed by atoms with Crippen LogP contribution < -0.4 is 10.0 Å². The van der Waals surface area contributed by atoms with E-state index in [1.807, 2.05) is 0 Å². The molecule has 8 heteroatoms. The molecular weight excluding hydrogens is 408 g/mol. The highest BCUT2D eigenvalue weighted by atomic mass is 79.9. The molecule has 0 saturated carbocycles. The second kappa shape index (κ2) is 8.80. The number of furan rings is 1. The van der Waals surface area contributed by atoms with Crippen LogP contribution in [-0.2, 0) is 21.4 Å². The van der Waals surface area contributed by atoms with E-state index in [4.69, 9.17) is 4.42 Å². The van der Waals surface area contributed by atoms with E-state index in [1.165, 1.54) is 24.5 Å². The minimum Gasteiger partial charge on any atom is -0.468 e. The van der Waals surface area contributed by atoms with Gasteiger partial charge in [-0.1, -0.05) is 34.6 Å². The Kier molecular flexibility index (Phi) is 6.74. The first-order valence-electron chi connectivity index (χ1n) is 7.28. The van der Waals surface area contributed by atoms with Gasteiger partial charge < -0.3 is 9.73 Å². The highest BCUT2D eigenvalue weighted by Crippen LogP contribution is 2.12. The fourth-order valence-corrected chi connectivity index (χ4v) is 2.97. The second-order valence-electron chi connectivity index (χ2n) is 5.04. The minimum absolute atomic E-state index is 0.0794. The van der Waals surface area contributed by atoms with Crippen molar-refractivity contribution < 1.29 is 17.6 Å². The molecule has 1 aromatic carbocycles. The van der Waals surface area contributed by atoms with Gasteiger partial charge in [0, 0.05) is 17.1 Å². The highest BCUT2D eigenvalue weighted by Gasteiger charge is 2.13. The molecule has 2 aromatic rings. The zero-order valence-corrected chi connectivity index (χ0v) is 15.6. The number of nitrogens with one attached hydrogen (secondary N) is 2. The van der Waals surface area contributed by atoms with Crippen molar-refractivity contribution in [3.05, 3.63) is 71.1 Å². The molecule has 0 aliphatic heterocycles. The van der Waals surface area contributed by atoms with E-state index in [0.717, 1.165) is 0 Å². The Bertz CT molecular complexity index is 857. The zero-order valence-electron chi connectivity index (χ0n) is 13.2. The van der Waals surface area contributed by atoms with Crippen LogP contribution in [0.1, 0.15) is 11.3 Å². The van der Waals surface area contributed by atoms with Crippen molar-refractivity contribution in [3.63, 3.8) is 0 Å². The maximum atomic E-state index is 12.2. The van der Waals surface area contributed by atoms with Crippen LogP contribution in [0.4, 0.5) is 0 Å². The molecule has 0 saturated heterocycles. The number of hydrogen-bond donors (Lipinski definition) is 2. The van der Waals surface area contributed by atoms with Gasteiger partial charge in [0.2, 0.25) is 15.9 Å². The number of halogens is 1. The summed E-state index contributed by atoms with van der Waals surface area (Å²) in [6.07, 6.45) is 4.45. The van der Waals surface area contributed by atoms with Crippen molar-refractivity contribution in [2.75, 3.05) is 6.54 Å². The number of carbonyl (C=O) groups is 1. The van der Waals surface area contributed by atoms with Gasteiger partial charge in [-0.3, -0.25) is 4.79 Å². The van der Waals surface area contributed by atoms with E-state index in [0.29, 0.717) is 22.4 Å². The molecule has 0 aliphatic rings. The van der Waals surface area contributed by atoms with Crippen LogP contribution in [0.3, 0.4) is 0 Å². The lowest BCUT2D eigenvalue weighted by Crippen LogP contribution is -2.23. The quantitative estimate of drug-likeness (QED) is 0.637. The monoisotopic (exact) mass is 424 g/mol. The van der Waals surface area contributed by atoms with Gasteiger partial charge in [0.15, 0.2) is 0 Å². The van der Waals surface area contributed by atoms with Crippen molar-refractivity contribution in [2.45, 2.75) is 11.4 Å². The van der Waals surface area contributed by atoms with Crippen LogP contribution in [0.2, 0.25) is 0 Å². The Morgan fingerprint density at radius 1 is 1.24 bits per heavy atom. The molecule has 1 heterocycles. The van der Waals surface area contributed by atoms with Gasteiger partial charge in [0.25, 0.3) is 0 Å². The summed E-state index contributed by atoms with van der Waals surface area (Å²) in [7, 11) is -3.63. The Morgan fingerprint density at radius 3 is 2.56 bits per heavy atom. The van der Waals surface area contributed by atoms with E-state index in [2.05, 4.69) is 32.5 Å². The third kappa shape index (κ3) is 6.33. The van der Waals surface area contributed by atoms with Gasteiger partial charge in [0.1, 0.15) is 5.76 Å². The van der Waals surface area contributed by atoms with Gasteiger partial charge in [-0.2, -0.15) is 0 Å². The lowest BCUT2D eigenvalue weighted by atomic mass is 10.2. The predicted octanol–water partition coefficient (Wildman–Crippen LogP) is 2.80.